The molecular formula is C12H13ClN2O2. The molecule has 4 nitrogen and oxygen atoms in total. The number of nitrogens with one attached hydrogen (secondary N) is 1. The molecule has 0 aliphatic carbocycles. The average Bonchev–Trinajstić information content (AvgIpc) is 2.86. The first-order valence-electron chi connectivity index (χ1n) is 5.16. The number of hydrazine groups is 1. The third-order valence-electron chi connectivity index (χ3n) is 2.38. The normalized spacial score (nSPS) is 12.4. The van der Waals surface area contributed by atoms with E-state index in [-0.39, 0.29) is 6.04 Å². The Bertz CT molecular complexity index is 442. The van der Waals surface area contributed by atoms with Crippen molar-refractivity contribution >= 4 is 11.6 Å². The topological polar surface area (TPSA) is 60.4 Å². The maximum absolute atomic E-state index is 5.78. The second-order valence-electron chi connectivity index (χ2n) is 3.54. The van der Waals surface area contributed by atoms with Crippen LogP contribution in [0.25, 0.3) is 0 Å². The quantitative estimate of drug-likeness (QED) is 0.634. The molecule has 0 amide bonds. The van der Waals surface area contributed by atoms with E-state index in [9.17, 15) is 0 Å². The standard InChI is InChI=1S/C12H13ClN2O2/c13-10-1-3-11(4-2-10)17-8-12(15-14)9-5-6-16-7-9/h1-7,12,15H,8,14H2. The zero-order valence-corrected chi connectivity index (χ0v) is 9.85. The lowest BCUT2D eigenvalue weighted by Gasteiger charge is -2.15. The number of furan rings is 1. The van der Waals surface area contributed by atoms with Gasteiger partial charge in [0.15, 0.2) is 0 Å². The molecule has 1 aromatic heterocycles. The third-order valence-corrected chi connectivity index (χ3v) is 2.63. The first-order valence-corrected chi connectivity index (χ1v) is 5.54. The molecule has 0 aliphatic rings. The van der Waals surface area contributed by atoms with E-state index < -0.39 is 0 Å². The summed E-state index contributed by atoms with van der Waals surface area (Å²) in [6, 6.07) is 8.91. The van der Waals surface area contributed by atoms with Crippen molar-refractivity contribution in [3.05, 3.63) is 53.4 Å². The second kappa shape index (κ2) is 5.72. The van der Waals surface area contributed by atoms with Gasteiger partial charge in [-0.1, -0.05) is 11.6 Å². The van der Waals surface area contributed by atoms with Gasteiger partial charge in [-0.15, -0.1) is 0 Å². The maximum Gasteiger partial charge on any atom is 0.119 e. The summed E-state index contributed by atoms with van der Waals surface area (Å²) in [4.78, 5) is 0. The lowest BCUT2D eigenvalue weighted by atomic mass is 10.2. The highest BCUT2D eigenvalue weighted by Crippen LogP contribution is 2.18. The molecular weight excluding hydrogens is 240 g/mol. The van der Waals surface area contributed by atoms with E-state index in [2.05, 4.69) is 5.43 Å². The average molecular weight is 253 g/mol. The van der Waals surface area contributed by atoms with Gasteiger partial charge in [-0.2, -0.15) is 0 Å². The van der Waals surface area contributed by atoms with Crippen molar-refractivity contribution in [3.8, 4) is 5.75 Å². The van der Waals surface area contributed by atoms with Crippen LogP contribution >= 0.6 is 11.6 Å². The van der Waals surface area contributed by atoms with E-state index in [1.807, 2.05) is 18.2 Å². The zero-order chi connectivity index (χ0) is 12.1. The number of ether oxygens (including phenoxy) is 1. The van der Waals surface area contributed by atoms with Crippen LogP contribution in [0.1, 0.15) is 11.6 Å². The van der Waals surface area contributed by atoms with Gasteiger partial charge in [0.05, 0.1) is 18.6 Å². The highest BCUT2D eigenvalue weighted by molar-refractivity contribution is 6.30. The van der Waals surface area contributed by atoms with Gasteiger partial charge < -0.3 is 9.15 Å². The summed E-state index contributed by atoms with van der Waals surface area (Å²) < 4.78 is 10.6. The number of hydrogen-bond donors (Lipinski definition) is 2. The van der Waals surface area contributed by atoms with Crippen LogP contribution in [0.15, 0.2) is 47.3 Å². The van der Waals surface area contributed by atoms with Crippen LogP contribution in [0.4, 0.5) is 0 Å². The van der Waals surface area contributed by atoms with Crippen LogP contribution in [-0.2, 0) is 0 Å². The Morgan fingerprint density at radius 3 is 2.65 bits per heavy atom. The van der Waals surface area contributed by atoms with Crippen LogP contribution in [0.2, 0.25) is 5.02 Å². The first kappa shape index (κ1) is 12.0. The lowest BCUT2D eigenvalue weighted by Crippen LogP contribution is -2.32. The zero-order valence-electron chi connectivity index (χ0n) is 9.10. The van der Waals surface area contributed by atoms with E-state index in [4.69, 9.17) is 26.6 Å². The molecule has 0 fully saturated rings. The number of hydrogen-bond acceptors (Lipinski definition) is 4. The summed E-state index contributed by atoms with van der Waals surface area (Å²) in [5.74, 6) is 6.21. The highest BCUT2D eigenvalue weighted by Gasteiger charge is 2.11. The highest BCUT2D eigenvalue weighted by atomic mass is 35.5. The van der Waals surface area contributed by atoms with Gasteiger partial charge in [-0.05, 0) is 30.3 Å². The molecule has 1 atom stereocenters. The Morgan fingerprint density at radius 1 is 1.29 bits per heavy atom. The van der Waals surface area contributed by atoms with Crippen molar-refractivity contribution in [1.82, 2.24) is 5.43 Å². The maximum atomic E-state index is 5.78. The fourth-order valence-corrected chi connectivity index (χ4v) is 1.55. The molecule has 1 heterocycles. The van der Waals surface area contributed by atoms with E-state index in [1.165, 1.54) is 0 Å². The summed E-state index contributed by atoms with van der Waals surface area (Å²) in [6.45, 7) is 0.414. The molecule has 0 saturated carbocycles. The number of nitrogens with two attached hydrogens (primary N) is 1. The molecule has 0 bridgehead atoms. The predicted octanol–water partition coefficient (Wildman–Crippen LogP) is 2.52. The van der Waals surface area contributed by atoms with Gasteiger partial charge in [0.2, 0.25) is 0 Å². The van der Waals surface area contributed by atoms with Crippen LogP contribution < -0.4 is 16.0 Å². The van der Waals surface area contributed by atoms with E-state index in [0.29, 0.717) is 11.6 Å². The summed E-state index contributed by atoms with van der Waals surface area (Å²) in [6.07, 6.45) is 3.23. The first-order chi connectivity index (χ1) is 8.29. The van der Waals surface area contributed by atoms with E-state index in [1.54, 1.807) is 24.7 Å². The third kappa shape index (κ3) is 3.23. The van der Waals surface area contributed by atoms with Gasteiger partial charge in [0.25, 0.3) is 0 Å². The molecule has 0 spiro atoms. The van der Waals surface area contributed by atoms with Gasteiger partial charge in [0, 0.05) is 10.6 Å². The Kier molecular flexibility index (Phi) is 4.03. The van der Waals surface area contributed by atoms with Crippen molar-refractivity contribution < 1.29 is 9.15 Å². The van der Waals surface area contributed by atoms with E-state index >= 15 is 0 Å². The minimum absolute atomic E-state index is 0.107. The molecule has 90 valence electrons. The number of rotatable bonds is 5. The Morgan fingerprint density at radius 2 is 2.06 bits per heavy atom. The van der Waals surface area contributed by atoms with Crippen LogP contribution in [0.5, 0.6) is 5.75 Å². The Hall–Kier alpha value is -1.49. The largest absolute Gasteiger partial charge is 0.492 e. The lowest BCUT2D eigenvalue weighted by molar-refractivity contribution is 0.267. The number of benzene rings is 1. The molecule has 2 aromatic rings. The fraction of sp³-hybridized carbons (Fsp3) is 0.167. The van der Waals surface area contributed by atoms with Crippen LogP contribution in [0, 0.1) is 0 Å². The molecule has 0 aliphatic heterocycles. The van der Waals surface area contributed by atoms with Crippen molar-refractivity contribution in [2.45, 2.75) is 6.04 Å². The molecule has 1 aromatic carbocycles. The number of halogens is 1. The van der Waals surface area contributed by atoms with Gasteiger partial charge in [-0.3, -0.25) is 5.84 Å². The fourth-order valence-electron chi connectivity index (χ4n) is 1.42. The molecule has 17 heavy (non-hydrogen) atoms. The SMILES string of the molecule is NNC(COc1ccc(Cl)cc1)c1ccoc1. The molecule has 3 N–H and O–H groups in total. The predicted molar refractivity (Wildman–Crippen MR) is 65.7 cm³/mol. The van der Waals surface area contributed by atoms with Gasteiger partial charge in [0.1, 0.15) is 12.4 Å². The summed E-state index contributed by atoms with van der Waals surface area (Å²) >= 11 is 5.78. The molecule has 2 rings (SSSR count). The summed E-state index contributed by atoms with van der Waals surface area (Å²) in [5.41, 5.74) is 3.62. The monoisotopic (exact) mass is 252 g/mol. The van der Waals surface area contributed by atoms with Crippen LogP contribution in [-0.4, -0.2) is 6.61 Å². The molecule has 5 heteroatoms. The van der Waals surface area contributed by atoms with Crippen molar-refractivity contribution in [2.24, 2.45) is 5.84 Å². The Balaban J connectivity index is 1.94. The van der Waals surface area contributed by atoms with Crippen molar-refractivity contribution in [2.75, 3.05) is 6.61 Å². The van der Waals surface area contributed by atoms with E-state index in [0.717, 1.165) is 11.3 Å². The minimum Gasteiger partial charge on any atom is -0.492 e. The second-order valence-corrected chi connectivity index (χ2v) is 3.98. The van der Waals surface area contributed by atoms with Crippen molar-refractivity contribution in [3.63, 3.8) is 0 Å². The molecule has 0 saturated heterocycles. The minimum atomic E-state index is -0.107. The Labute approximate surface area is 104 Å². The summed E-state index contributed by atoms with van der Waals surface area (Å²) in [7, 11) is 0. The molecule has 1 unspecified atom stereocenters. The molecule has 0 radical (unpaired) electrons. The van der Waals surface area contributed by atoms with Crippen molar-refractivity contribution in [1.29, 1.82) is 0 Å². The van der Waals surface area contributed by atoms with Gasteiger partial charge >= 0.3 is 0 Å². The summed E-state index contributed by atoms with van der Waals surface area (Å²) in [5, 5.41) is 0.681. The smallest absolute Gasteiger partial charge is 0.119 e. The van der Waals surface area contributed by atoms with Gasteiger partial charge in [-0.25, -0.2) is 5.43 Å². The van der Waals surface area contributed by atoms with Crippen LogP contribution in [0.3, 0.4) is 0 Å².